The molecule has 0 heterocycles. The largest absolute Gasteiger partial charge is 0.398 e. The fourth-order valence-electron chi connectivity index (χ4n) is 1.14. The summed E-state index contributed by atoms with van der Waals surface area (Å²) in [6, 6.07) is 7.02. The summed E-state index contributed by atoms with van der Waals surface area (Å²) in [5, 5.41) is 2.88. The summed E-state index contributed by atoms with van der Waals surface area (Å²) in [4.78, 5) is 11.8. The first-order chi connectivity index (χ1) is 6.96. The molecule has 1 rings (SSSR count). The van der Waals surface area contributed by atoms with Gasteiger partial charge in [0.2, 0.25) is 0 Å². The number of nitrogens with one attached hydrogen (secondary N) is 1. The standard InChI is InChI=1S/C12H17N2O/c1-4-12(2,3)14-11(15)9-7-5-6-8-10(9)13/h5-8H,1,4,13H2,2-3H3,(H,14,15). The molecule has 1 aromatic carbocycles. The van der Waals surface area contributed by atoms with Crippen LogP contribution in [0.5, 0.6) is 0 Å². The molecular formula is C12H17N2O. The number of benzene rings is 1. The van der Waals surface area contributed by atoms with Crippen LogP contribution in [0.25, 0.3) is 0 Å². The molecule has 0 unspecified atom stereocenters. The SMILES string of the molecule is [CH2]CC(C)(C)NC(=O)c1ccccc1N. The first kappa shape index (κ1) is 11.6. The zero-order chi connectivity index (χ0) is 11.5. The summed E-state index contributed by atoms with van der Waals surface area (Å²) >= 11 is 0. The molecule has 81 valence electrons. The van der Waals surface area contributed by atoms with Gasteiger partial charge in [0.15, 0.2) is 0 Å². The highest BCUT2D eigenvalue weighted by molar-refractivity contribution is 5.99. The Labute approximate surface area is 90.7 Å². The lowest BCUT2D eigenvalue weighted by Gasteiger charge is -2.24. The van der Waals surface area contributed by atoms with Gasteiger partial charge in [-0.05, 0) is 32.4 Å². The zero-order valence-electron chi connectivity index (χ0n) is 9.21. The third-order valence-electron chi connectivity index (χ3n) is 2.28. The van der Waals surface area contributed by atoms with Crippen molar-refractivity contribution in [2.75, 3.05) is 5.73 Å². The number of para-hydroxylation sites is 1. The van der Waals surface area contributed by atoms with Gasteiger partial charge in [0.1, 0.15) is 0 Å². The predicted octanol–water partition coefficient (Wildman–Crippen LogP) is 2.00. The van der Waals surface area contributed by atoms with Gasteiger partial charge in [-0.25, -0.2) is 0 Å². The average molecular weight is 205 g/mol. The molecule has 0 aliphatic heterocycles. The van der Waals surface area contributed by atoms with E-state index in [1.54, 1.807) is 24.3 Å². The molecule has 0 fully saturated rings. The number of rotatable bonds is 3. The lowest BCUT2D eigenvalue weighted by atomic mass is 10.0. The molecule has 0 saturated carbocycles. The number of hydrogen-bond acceptors (Lipinski definition) is 2. The minimum Gasteiger partial charge on any atom is -0.398 e. The van der Waals surface area contributed by atoms with Crippen molar-refractivity contribution in [1.82, 2.24) is 5.32 Å². The van der Waals surface area contributed by atoms with E-state index in [4.69, 9.17) is 5.73 Å². The smallest absolute Gasteiger partial charge is 0.253 e. The summed E-state index contributed by atoms with van der Waals surface area (Å²) in [6.07, 6.45) is 0.630. The molecule has 3 N–H and O–H groups in total. The van der Waals surface area contributed by atoms with E-state index >= 15 is 0 Å². The van der Waals surface area contributed by atoms with Crippen LogP contribution >= 0.6 is 0 Å². The number of anilines is 1. The maximum atomic E-state index is 11.8. The van der Waals surface area contributed by atoms with E-state index < -0.39 is 0 Å². The van der Waals surface area contributed by atoms with Crippen LogP contribution in [0.4, 0.5) is 5.69 Å². The quantitative estimate of drug-likeness (QED) is 0.741. The molecule has 0 aliphatic rings. The average Bonchev–Trinajstić information content (AvgIpc) is 2.17. The second-order valence-corrected chi connectivity index (χ2v) is 4.18. The molecular weight excluding hydrogens is 188 g/mol. The Bertz CT molecular complexity index is 358. The Kier molecular flexibility index (Phi) is 3.35. The summed E-state index contributed by atoms with van der Waals surface area (Å²) in [7, 11) is 0. The van der Waals surface area contributed by atoms with Crippen molar-refractivity contribution in [3.05, 3.63) is 36.8 Å². The number of hydrogen-bond donors (Lipinski definition) is 2. The number of amides is 1. The van der Waals surface area contributed by atoms with Crippen LogP contribution in [-0.2, 0) is 0 Å². The van der Waals surface area contributed by atoms with Gasteiger partial charge in [-0.2, -0.15) is 0 Å². The van der Waals surface area contributed by atoms with Crippen LogP contribution in [0.15, 0.2) is 24.3 Å². The van der Waals surface area contributed by atoms with Crippen molar-refractivity contribution >= 4 is 11.6 Å². The van der Waals surface area contributed by atoms with E-state index in [0.29, 0.717) is 17.7 Å². The Hall–Kier alpha value is -1.51. The molecule has 0 atom stereocenters. The van der Waals surface area contributed by atoms with Crippen molar-refractivity contribution in [3.63, 3.8) is 0 Å². The highest BCUT2D eigenvalue weighted by Gasteiger charge is 2.19. The predicted molar refractivity (Wildman–Crippen MR) is 62.4 cm³/mol. The molecule has 1 aromatic rings. The van der Waals surface area contributed by atoms with Gasteiger partial charge < -0.3 is 11.1 Å². The summed E-state index contributed by atoms with van der Waals surface area (Å²) < 4.78 is 0. The normalized spacial score (nSPS) is 11.1. The van der Waals surface area contributed by atoms with Crippen LogP contribution in [0.2, 0.25) is 0 Å². The molecule has 0 aromatic heterocycles. The molecule has 0 aliphatic carbocycles. The Morgan fingerprint density at radius 1 is 1.47 bits per heavy atom. The van der Waals surface area contributed by atoms with Crippen molar-refractivity contribution in [3.8, 4) is 0 Å². The first-order valence-electron chi connectivity index (χ1n) is 4.92. The molecule has 3 heteroatoms. The molecule has 15 heavy (non-hydrogen) atoms. The van der Waals surface area contributed by atoms with Crippen LogP contribution < -0.4 is 11.1 Å². The zero-order valence-corrected chi connectivity index (χ0v) is 9.21. The molecule has 0 bridgehead atoms. The van der Waals surface area contributed by atoms with Crippen LogP contribution in [-0.4, -0.2) is 11.4 Å². The van der Waals surface area contributed by atoms with Gasteiger partial charge >= 0.3 is 0 Å². The molecule has 0 spiro atoms. The van der Waals surface area contributed by atoms with Gasteiger partial charge in [-0.1, -0.05) is 19.1 Å². The number of nitrogen functional groups attached to an aromatic ring is 1. The van der Waals surface area contributed by atoms with Gasteiger partial charge in [0.25, 0.3) is 5.91 Å². The summed E-state index contributed by atoms with van der Waals surface area (Å²) in [6.45, 7) is 7.64. The Morgan fingerprint density at radius 3 is 2.60 bits per heavy atom. The number of nitrogens with two attached hydrogens (primary N) is 1. The minimum absolute atomic E-state index is 0.151. The fraction of sp³-hybridized carbons (Fsp3) is 0.333. The molecule has 1 amide bonds. The van der Waals surface area contributed by atoms with Crippen LogP contribution in [0.1, 0.15) is 30.6 Å². The Balaban J connectivity index is 2.83. The van der Waals surface area contributed by atoms with Crippen molar-refractivity contribution in [2.24, 2.45) is 0 Å². The van der Waals surface area contributed by atoms with E-state index in [0.717, 1.165) is 0 Å². The van der Waals surface area contributed by atoms with E-state index in [-0.39, 0.29) is 11.4 Å². The van der Waals surface area contributed by atoms with Crippen molar-refractivity contribution in [1.29, 1.82) is 0 Å². The highest BCUT2D eigenvalue weighted by Crippen LogP contribution is 2.13. The van der Waals surface area contributed by atoms with Gasteiger partial charge in [0, 0.05) is 11.2 Å². The highest BCUT2D eigenvalue weighted by atomic mass is 16.1. The summed E-state index contributed by atoms with van der Waals surface area (Å²) in [5.41, 5.74) is 6.41. The Morgan fingerprint density at radius 2 is 2.07 bits per heavy atom. The second-order valence-electron chi connectivity index (χ2n) is 4.18. The van der Waals surface area contributed by atoms with Gasteiger partial charge in [-0.3, -0.25) is 4.79 Å². The van der Waals surface area contributed by atoms with E-state index in [2.05, 4.69) is 12.2 Å². The van der Waals surface area contributed by atoms with Crippen molar-refractivity contribution in [2.45, 2.75) is 25.8 Å². The molecule has 3 nitrogen and oxygen atoms in total. The van der Waals surface area contributed by atoms with Crippen LogP contribution in [0, 0.1) is 6.92 Å². The molecule has 1 radical (unpaired) electrons. The van der Waals surface area contributed by atoms with E-state index in [1.807, 2.05) is 13.8 Å². The lowest BCUT2D eigenvalue weighted by Crippen LogP contribution is -2.43. The third kappa shape index (κ3) is 2.98. The second kappa shape index (κ2) is 4.34. The third-order valence-corrected chi connectivity index (χ3v) is 2.28. The minimum atomic E-state index is -0.306. The number of carbonyl (C=O) groups excluding carboxylic acids is 1. The van der Waals surface area contributed by atoms with E-state index in [1.165, 1.54) is 0 Å². The first-order valence-corrected chi connectivity index (χ1v) is 4.92. The molecule has 0 saturated heterocycles. The maximum absolute atomic E-state index is 11.8. The monoisotopic (exact) mass is 205 g/mol. The van der Waals surface area contributed by atoms with Crippen molar-refractivity contribution < 1.29 is 4.79 Å². The topological polar surface area (TPSA) is 55.1 Å². The van der Waals surface area contributed by atoms with Gasteiger partial charge in [-0.15, -0.1) is 0 Å². The maximum Gasteiger partial charge on any atom is 0.253 e. The van der Waals surface area contributed by atoms with E-state index in [9.17, 15) is 4.79 Å². The lowest BCUT2D eigenvalue weighted by molar-refractivity contribution is 0.0914. The number of carbonyl (C=O) groups is 1. The fourth-order valence-corrected chi connectivity index (χ4v) is 1.14. The van der Waals surface area contributed by atoms with Gasteiger partial charge in [0.05, 0.1) is 5.56 Å². The summed E-state index contributed by atoms with van der Waals surface area (Å²) in [5.74, 6) is -0.151. The van der Waals surface area contributed by atoms with Crippen LogP contribution in [0.3, 0.4) is 0 Å².